The maximum Gasteiger partial charge on any atom is 0.128 e. The third kappa shape index (κ3) is 2.83. The second kappa shape index (κ2) is 5.70. The number of nitrogens with two attached hydrogens (primary N) is 1. The Morgan fingerprint density at radius 3 is 2.89 bits per heavy atom. The molecule has 1 aliphatic rings. The number of benzene rings is 1. The SMILES string of the molecule is CCC(N)Cc1c(F)cccc1N1CCC(C)C1. The lowest BCUT2D eigenvalue weighted by Gasteiger charge is -2.23. The molecule has 0 aromatic heterocycles. The molecule has 1 fully saturated rings. The lowest BCUT2D eigenvalue weighted by Crippen LogP contribution is -2.26. The number of halogens is 1. The van der Waals surface area contributed by atoms with Crippen LogP contribution in [-0.4, -0.2) is 19.1 Å². The molecule has 1 aromatic rings. The van der Waals surface area contributed by atoms with Crippen LogP contribution in [0.5, 0.6) is 0 Å². The van der Waals surface area contributed by atoms with Gasteiger partial charge in [-0.1, -0.05) is 19.9 Å². The molecule has 3 heteroatoms. The van der Waals surface area contributed by atoms with Gasteiger partial charge in [0.25, 0.3) is 0 Å². The highest BCUT2D eigenvalue weighted by molar-refractivity contribution is 5.55. The van der Waals surface area contributed by atoms with Crippen LogP contribution in [0.2, 0.25) is 0 Å². The summed E-state index contributed by atoms with van der Waals surface area (Å²) in [7, 11) is 0. The molecule has 2 atom stereocenters. The van der Waals surface area contributed by atoms with Gasteiger partial charge in [0.1, 0.15) is 5.82 Å². The minimum absolute atomic E-state index is 0.0423. The van der Waals surface area contributed by atoms with E-state index in [0.29, 0.717) is 12.3 Å². The summed E-state index contributed by atoms with van der Waals surface area (Å²) in [5.74, 6) is 0.580. The molecule has 0 amide bonds. The van der Waals surface area contributed by atoms with Crippen LogP contribution in [0.4, 0.5) is 10.1 Å². The summed E-state index contributed by atoms with van der Waals surface area (Å²) in [6, 6.07) is 5.41. The fourth-order valence-corrected chi connectivity index (χ4v) is 2.61. The number of anilines is 1. The smallest absolute Gasteiger partial charge is 0.128 e. The van der Waals surface area contributed by atoms with Crippen molar-refractivity contribution in [2.24, 2.45) is 11.7 Å². The molecule has 1 aliphatic heterocycles. The van der Waals surface area contributed by atoms with E-state index in [-0.39, 0.29) is 11.9 Å². The van der Waals surface area contributed by atoms with Crippen molar-refractivity contribution in [3.05, 3.63) is 29.6 Å². The Labute approximate surface area is 109 Å². The Bertz CT molecular complexity index is 405. The molecule has 0 saturated carbocycles. The van der Waals surface area contributed by atoms with Gasteiger partial charge in [-0.2, -0.15) is 0 Å². The third-order valence-corrected chi connectivity index (χ3v) is 3.85. The van der Waals surface area contributed by atoms with Crippen molar-refractivity contribution in [3.8, 4) is 0 Å². The second-order valence-corrected chi connectivity index (χ2v) is 5.45. The largest absolute Gasteiger partial charge is 0.371 e. The van der Waals surface area contributed by atoms with Gasteiger partial charge < -0.3 is 10.6 Å². The van der Waals surface area contributed by atoms with Crippen LogP contribution in [0.25, 0.3) is 0 Å². The molecule has 0 radical (unpaired) electrons. The van der Waals surface area contributed by atoms with Gasteiger partial charge in [-0.15, -0.1) is 0 Å². The molecule has 0 bridgehead atoms. The van der Waals surface area contributed by atoms with E-state index < -0.39 is 0 Å². The van der Waals surface area contributed by atoms with E-state index >= 15 is 0 Å². The molecule has 1 saturated heterocycles. The molecular formula is C15H23FN2. The predicted molar refractivity (Wildman–Crippen MR) is 74.4 cm³/mol. The summed E-state index contributed by atoms with van der Waals surface area (Å²) in [6.45, 7) is 6.34. The van der Waals surface area contributed by atoms with Crippen LogP contribution in [-0.2, 0) is 6.42 Å². The molecule has 2 nitrogen and oxygen atoms in total. The zero-order valence-corrected chi connectivity index (χ0v) is 11.3. The highest BCUT2D eigenvalue weighted by Gasteiger charge is 2.22. The molecule has 1 heterocycles. The predicted octanol–water partition coefficient (Wildman–Crippen LogP) is 2.95. The molecule has 2 rings (SSSR count). The maximum absolute atomic E-state index is 14.0. The summed E-state index contributed by atoms with van der Waals surface area (Å²) >= 11 is 0. The first-order chi connectivity index (χ1) is 8.61. The zero-order chi connectivity index (χ0) is 13.1. The normalized spacial score (nSPS) is 21.3. The van der Waals surface area contributed by atoms with Gasteiger partial charge in [0.2, 0.25) is 0 Å². The van der Waals surface area contributed by atoms with Crippen LogP contribution >= 0.6 is 0 Å². The molecule has 18 heavy (non-hydrogen) atoms. The van der Waals surface area contributed by atoms with Gasteiger partial charge in [0.15, 0.2) is 0 Å². The first-order valence-corrected chi connectivity index (χ1v) is 6.89. The monoisotopic (exact) mass is 250 g/mol. The van der Waals surface area contributed by atoms with Gasteiger partial charge >= 0.3 is 0 Å². The van der Waals surface area contributed by atoms with Crippen molar-refractivity contribution in [3.63, 3.8) is 0 Å². The Balaban J connectivity index is 2.26. The Kier molecular flexibility index (Phi) is 4.23. The summed E-state index contributed by atoms with van der Waals surface area (Å²) < 4.78 is 14.0. The lowest BCUT2D eigenvalue weighted by molar-refractivity contribution is 0.577. The Morgan fingerprint density at radius 1 is 1.50 bits per heavy atom. The van der Waals surface area contributed by atoms with E-state index in [0.717, 1.165) is 30.8 Å². The first-order valence-electron chi connectivity index (χ1n) is 6.89. The van der Waals surface area contributed by atoms with Crippen LogP contribution in [0.1, 0.15) is 32.3 Å². The minimum Gasteiger partial charge on any atom is -0.371 e. The Morgan fingerprint density at radius 2 is 2.28 bits per heavy atom. The minimum atomic E-state index is -0.115. The van der Waals surface area contributed by atoms with Gasteiger partial charge in [-0.3, -0.25) is 0 Å². The van der Waals surface area contributed by atoms with Crippen molar-refractivity contribution in [2.75, 3.05) is 18.0 Å². The summed E-state index contributed by atoms with van der Waals surface area (Å²) in [4.78, 5) is 2.30. The fraction of sp³-hybridized carbons (Fsp3) is 0.600. The third-order valence-electron chi connectivity index (χ3n) is 3.85. The average Bonchev–Trinajstić information content (AvgIpc) is 2.78. The topological polar surface area (TPSA) is 29.3 Å². The van der Waals surface area contributed by atoms with E-state index in [1.165, 1.54) is 6.42 Å². The number of nitrogens with zero attached hydrogens (tertiary/aromatic N) is 1. The number of hydrogen-bond donors (Lipinski definition) is 1. The molecule has 2 unspecified atom stereocenters. The molecular weight excluding hydrogens is 227 g/mol. The highest BCUT2D eigenvalue weighted by atomic mass is 19.1. The zero-order valence-electron chi connectivity index (χ0n) is 11.3. The fourth-order valence-electron chi connectivity index (χ4n) is 2.61. The van der Waals surface area contributed by atoms with Crippen molar-refractivity contribution < 1.29 is 4.39 Å². The van der Waals surface area contributed by atoms with E-state index in [9.17, 15) is 4.39 Å². The van der Waals surface area contributed by atoms with Crippen LogP contribution in [0.15, 0.2) is 18.2 Å². The second-order valence-electron chi connectivity index (χ2n) is 5.45. The van der Waals surface area contributed by atoms with Crippen LogP contribution in [0, 0.1) is 11.7 Å². The molecule has 1 aromatic carbocycles. The highest BCUT2D eigenvalue weighted by Crippen LogP contribution is 2.29. The van der Waals surface area contributed by atoms with Gasteiger partial charge in [-0.25, -0.2) is 4.39 Å². The van der Waals surface area contributed by atoms with Crippen LogP contribution < -0.4 is 10.6 Å². The van der Waals surface area contributed by atoms with Crippen molar-refractivity contribution >= 4 is 5.69 Å². The molecule has 0 aliphatic carbocycles. The average molecular weight is 250 g/mol. The van der Waals surface area contributed by atoms with E-state index in [1.807, 2.05) is 13.0 Å². The molecule has 0 spiro atoms. The van der Waals surface area contributed by atoms with E-state index in [4.69, 9.17) is 5.73 Å². The first kappa shape index (κ1) is 13.3. The van der Waals surface area contributed by atoms with Gasteiger partial charge in [0, 0.05) is 30.4 Å². The maximum atomic E-state index is 14.0. The van der Waals surface area contributed by atoms with Gasteiger partial charge in [0.05, 0.1) is 0 Å². The summed E-state index contributed by atoms with van der Waals surface area (Å²) in [5, 5.41) is 0. The van der Waals surface area contributed by atoms with Crippen molar-refractivity contribution in [2.45, 2.75) is 39.2 Å². The lowest BCUT2D eigenvalue weighted by atomic mass is 10.0. The molecule has 100 valence electrons. The van der Waals surface area contributed by atoms with Crippen LogP contribution in [0.3, 0.4) is 0 Å². The molecule has 2 N–H and O–H groups in total. The van der Waals surface area contributed by atoms with Crippen molar-refractivity contribution in [1.82, 2.24) is 0 Å². The van der Waals surface area contributed by atoms with Crippen molar-refractivity contribution in [1.29, 1.82) is 0 Å². The Hall–Kier alpha value is -1.09. The summed E-state index contributed by atoms with van der Waals surface area (Å²) in [6.07, 6.45) is 2.70. The standard InChI is InChI=1S/C15H23FN2/c1-3-12(17)9-13-14(16)5-4-6-15(13)18-8-7-11(2)10-18/h4-6,11-12H,3,7-10,17H2,1-2H3. The quantitative estimate of drug-likeness (QED) is 0.890. The summed E-state index contributed by atoms with van der Waals surface area (Å²) in [5.41, 5.74) is 7.82. The number of rotatable bonds is 4. The van der Waals surface area contributed by atoms with E-state index in [2.05, 4.69) is 11.8 Å². The van der Waals surface area contributed by atoms with Gasteiger partial charge in [-0.05, 0) is 37.3 Å². The number of hydrogen-bond acceptors (Lipinski definition) is 2. The van der Waals surface area contributed by atoms with E-state index in [1.54, 1.807) is 12.1 Å².